The number of rotatable bonds is 2. The molecule has 3 aromatic rings. The van der Waals surface area contributed by atoms with Gasteiger partial charge in [0.2, 0.25) is 0 Å². The number of para-hydroxylation sites is 1. The molecule has 2 heterocycles. The highest BCUT2D eigenvalue weighted by Gasteiger charge is 2.33. The van der Waals surface area contributed by atoms with Gasteiger partial charge in [-0.2, -0.15) is 0 Å². The fraction of sp³-hybridized carbons (Fsp3) is 0.150. The largest absolute Gasteiger partial charge is 0.348 e. The van der Waals surface area contributed by atoms with E-state index in [0.29, 0.717) is 18.7 Å². The van der Waals surface area contributed by atoms with Crippen molar-refractivity contribution in [2.45, 2.75) is 12.6 Å². The van der Waals surface area contributed by atoms with Crippen LogP contribution in [0.25, 0.3) is 0 Å². The van der Waals surface area contributed by atoms with Crippen LogP contribution < -0.4 is 5.32 Å². The summed E-state index contributed by atoms with van der Waals surface area (Å²) < 4.78 is 16.5. The third-order valence-corrected chi connectivity index (χ3v) is 4.52. The minimum absolute atomic E-state index is 0.230. The van der Waals surface area contributed by atoms with Crippen LogP contribution in [-0.2, 0) is 6.54 Å². The summed E-state index contributed by atoms with van der Waals surface area (Å²) in [7, 11) is 0. The number of amides is 2. The van der Waals surface area contributed by atoms with Gasteiger partial charge in [0.05, 0.1) is 0 Å². The van der Waals surface area contributed by atoms with Gasteiger partial charge in [-0.3, -0.25) is 0 Å². The molecular formula is C20H18FN3O. The van der Waals surface area contributed by atoms with Crippen LogP contribution in [0.3, 0.4) is 0 Å². The van der Waals surface area contributed by atoms with Crippen molar-refractivity contribution in [1.82, 2.24) is 9.47 Å². The maximum Gasteiger partial charge on any atom is 0.322 e. The molecule has 1 atom stereocenters. The molecule has 0 spiro atoms. The third-order valence-electron chi connectivity index (χ3n) is 4.52. The maximum absolute atomic E-state index is 14.5. The molecule has 0 radical (unpaired) electrons. The Morgan fingerprint density at radius 1 is 0.960 bits per heavy atom. The van der Waals surface area contributed by atoms with Gasteiger partial charge in [-0.15, -0.1) is 0 Å². The van der Waals surface area contributed by atoms with Crippen LogP contribution in [0.5, 0.6) is 0 Å². The highest BCUT2D eigenvalue weighted by Crippen LogP contribution is 2.34. The summed E-state index contributed by atoms with van der Waals surface area (Å²) in [5, 5.41) is 2.91. The lowest BCUT2D eigenvalue weighted by atomic mass is 9.99. The Labute approximate surface area is 145 Å². The molecule has 126 valence electrons. The Kier molecular flexibility index (Phi) is 3.98. The van der Waals surface area contributed by atoms with Gasteiger partial charge in [0.1, 0.15) is 11.9 Å². The van der Waals surface area contributed by atoms with Crippen molar-refractivity contribution in [3.63, 3.8) is 0 Å². The van der Waals surface area contributed by atoms with Crippen LogP contribution >= 0.6 is 0 Å². The quantitative estimate of drug-likeness (QED) is 0.746. The first-order chi connectivity index (χ1) is 12.2. The number of benzene rings is 2. The Bertz CT molecular complexity index is 891. The predicted octanol–water partition coefficient (Wildman–Crippen LogP) is 4.26. The minimum Gasteiger partial charge on any atom is -0.348 e. The first kappa shape index (κ1) is 15.4. The number of fused-ring (bicyclic) bond motifs is 1. The fourth-order valence-corrected chi connectivity index (χ4v) is 3.34. The van der Waals surface area contributed by atoms with E-state index in [4.69, 9.17) is 0 Å². The highest BCUT2D eigenvalue weighted by molar-refractivity contribution is 5.90. The summed E-state index contributed by atoms with van der Waals surface area (Å²) in [6, 6.07) is 19.1. The van der Waals surface area contributed by atoms with Gasteiger partial charge in [-0.1, -0.05) is 36.4 Å². The summed E-state index contributed by atoms with van der Waals surface area (Å²) in [6.45, 7) is 1.20. The van der Waals surface area contributed by atoms with Gasteiger partial charge >= 0.3 is 6.03 Å². The number of carbonyl (C=O) groups is 1. The number of hydrogen-bond donors (Lipinski definition) is 1. The molecule has 1 aromatic heterocycles. The lowest BCUT2D eigenvalue weighted by Crippen LogP contribution is -2.44. The van der Waals surface area contributed by atoms with Crippen LogP contribution in [0.4, 0.5) is 14.9 Å². The van der Waals surface area contributed by atoms with E-state index in [0.717, 1.165) is 11.4 Å². The van der Waals surface area contributed by atoms with Crippen molar-refractivity contribution in [3.8, 4) is 0 Å². The highest BCUT2D eigenvalue weighted by atomic mass is 19.1. The molecule has 2 amide bonds. The zero-order valence-electron chi connectivity index (χ0n) is 13.6. The monoisotopic (exact) mass is 335 g/mol. The molecule has 2 aromatic carbocycles. The van der Waals surface area contributed by atoms with Crippen molar-refractivity contribution in [2.24, 2.45) is 0 Å². The number of nitrogens with zero attached hydrogens (tertiary/aromatic N) is 2. The molecule has 25 heavy (non-hydrogen) atoms. The van der Waals surface area contributed by atoms with Crippen LogP contribution in [-0.4, -0.2) is 22.0 Å². The summed E-state index contributed by atoms with van der Waals surface area (Å²) in [5.41, 5.74) is 2.14. The van der Waals surface area contributed by atoms with Gasteiger partial charge < -0.3 is 14.8 Å². The van der Waals surface area contributed by atoms with Crippen molar-refractivity contribution < 1.29 is 9.18 Å². The SMILES string of the molecule is O=C(Nc1ccccc1)N1CCn2cccc2[C@H]1c1ccccc1F. The van der Waals surface area contributed by atoms with Gasteiger partial charge in [0.25, 0.3) is 0 Å². The first-order valence-corrected chi connectivity index (χ1v) is 8.26. The van der Waals surface area contributed by atoms with E-state index in [1.807, 2.05) is 48.7 Å². The Morgan fingerprint density at radius 2 is 1.72 bits per heavy atom. The molecule has 0 unspecified atom stereocenters. The average Bonchev–Trinajstić information content (AvgIpc) is 3.11. The number of anilines is 1. The Hall–Kier alpha value is -3.08. The van der Waals surface area contributed by atoms with Gasteiger partial charge in [-0.05, 0) is 30.3 Å². The Balaban J connectivity index is 1.71. The fourth-order valence-electron chi connectivity index (χ4n) is 3.34. The van der Waals surface area contributed by atoms with Crippen LogP contribution in [0.2, 0.25) is 0 Å². The molecule has 0 aliphatic carbocycles. The summed E-state index contributed by atoms with van der Waals surface area (Å²) in [6.07, 6.45) is 1.97. The lowest BCUT2D eigenvalue weighted by molar-refractivity contribution is 0.180. The zero-order chi connectivity index (χ0) is 17.2. The third kappa shape index (κ3) is 2.89. The molecule has 1 aliphatic heterocycles. The van der Waals surface area contributed by atoms with Crippen molar-refractivity contribution in [3.05, 3.63) is 90.0 Å². The summed E-state index contributed by atoms with van der Waals surface area (Å²) >= 11 is 0. The summed E-state index contributed by atoms with van der Waals surface area (Å²) in [4.78, 5) is 14.6. The molecule has 4 rings (SSSR count). The van der Waals surface area contributed by atoms with Crippen molar-refractivity contribution in [2.75, 3.05) is 11.9 Å². The smallest absolute Gasteiger partial charge is 0.322 e. The van der Waals surface area contributed by atoms with E-state index >= 15 is 0 Å². The lowest BCUT2D eigenvalue weighted by Gasteiger charge is -2.37. The Morgan fingerprint density at radius 3 is 2.52 bits per heavy atom. The molecule has 5 heteroatoms. The topological polar surface area (TPSA) is 37.3 Å². The number of hydrogen-bond acceptors (Lipinski definition) is 1. The molecule has 1 N–H and O–H groups in total. The first-order valence-electron chi connectivity index (χ1n) is 8.26. The predicted molar refractivity (Wildman–Crippen MR) is 94.8 cm³/mol. The number of aromatic nitrogens is 1. The normalized spacial score (nSPS) is 16.4. The second-order valence-corrected chi connectivity index (χ2v) is 6.04. The van der Waals surface area contributed by atoms with E-state index < -0.39 is 6.04 Å². The summed E-state index contributed by atoms with van der Waals surface area (Å²) in [5.74, 6) is -0.306. The van der Waals surface area contributed by atoms with E-state index in [1.54, 1.807) is 23.1 Å². The van der Waals surface area contributed by atoms with Crippen LogP contribution in [0.1, 0.15) is 17.3 Å². The van der Waals surface area contributed by atoms with E-state index in [1.165, 1.54) is 6.07 Å². The molecule has 0 fully saturated rings. The van der Waals surface area contributed by atoms with Gasteiger partial charge in [-0.25, -0.2) is 9.18 Å². The number of halogens is 1. The number of nitrogens with one attached hydrogen (secondary N) is 1. The molecule has 1 aliphatic rings. The van der Waals surface area contributed by atoms with Crippen LogP contribution in [0.15, 0.2) is 72.9 Å². The minimum atomic E-state index is -0.450. The molecule has 4 nitrogen and oxygen atoms in total. The average molecular weight is 335 g/mol. The van der Waals surface area contributed by atoms with E-state index in [2.05, 4.69) is 9.88 Å². The van der Waals surface area contributed by atoms with E-state index in [9.17, 15) is 9.18 Å². The molecule has 0 saturated carbocycles. The second kappa shape index (κ2) is 6.43. The van der Waals surface area contributed by atoms with Crippen LogP contribution in [0, 0.1) is 5.82 Å². The molecular weight excluding hydrogens is 317 g/mol. The molecule has 0 saturated heterocycles. The van der Waals surface area contributed by atoms with E-state index in [-0.39, 0.29) is 11.8 Å². The standard InChI is InChI=1S/C20H18FN3O/c21-17-10-5-4-9-16(17)19-18-11-6-12-23(18)13-14-24(19)20(25)22-15-7-2-1-3-8-15/h1-12,19H,13-14H2,(H,22,25)/t19-/m1/s1. The van der Waals surface area contributed by atoms with Crippen molar-refractivity contribution in [1.29, 1.82) is 0 Å². The number of carbonyl (C=O) groups excluding carboxylic acids is 1. The molecule has 0 bridgehead atoms. The maximum atomic E-state index is 14.5. The number of urea groups is 1. The zero-order valence-corrected chi connectivity index (χ0v) is 13.6. The second-order valence-electron chi connectivity index (χ2n) is 6.04. The van der Waals surface area contributed by atoms with Gasteiger partial charge in [0.15, 0.2) is 0 Å². The van der Waals surface area contributed by atoms with Crippen molar-refractivity contribution >= 4 is 11.7 Å². The van der Waals surface area contributed by atoms with Gasteiger partial charge in [0, 0.05) is 36.2 Å².